The van der Waals surface area contributed by atoms with Crippen LogP contribution >= 0.6 is 0 Å². The number of carbonyl (C=O) groups is 1. The molecule has 6 nitrogen and oxygen atoms in total. The van der Waals surface area contributed by atoms with Gasteiger partial charge in [-0.05, 0) is 50.3 Å². The van der Waals surface area contributed by atoms with Gasteiger partial charge in [-0.3, -0.25) is 4.79 Å². The predicted octanol–water partition coefficient (Wildman–Crippen LogP) is 3.18. The van der Waals surface area contributed by atoms with Crippen molar-refractivity contribution in [2.45, 2.75) is 62.1 Å². The monoisotopic (exact) mass is 424 g/mol. The molecule has 2 saturated carbocycles. The fraction of sp³-hybridized carbons (Fsp3) is 0.640. The van der Waals surface area contributed by atoms with Crippen LogP contribution in [0, 0.1) is 11.8 Å². The first-order chi connectivity index (χ1) is 15.1. The second-order valence-corrected chi connectivity index (χ2v) is 9.80. The highest BCUT2D eigenvalue weighted by atomic mass is 16.5. The van der Waals surface area contributed by atoms with Gasteiger partial charge in [-0.15, -0.1) is 0 Å². The Morgan fingerprint density at radius 1 is 1.19 bits per heavy atom. The van der Waals surface area contributed by atoms with Crippen LogP contribution in [-0.4, -0.2) is 52.0 Å². The minimum Gasteiger partial charge on any atom is -0.493 e. The molecule has 3 aliphatic heterocycles. The van der Waals surface area contributed by atoms with E-state index in [9.17, 15) is 4.79 Å². The summed E-state index contributed by atoms with van der Waals surface area (Å²) in [7, 11) is 5.45. The lowest BCUT2D eigenvalue weighted by Crippen LogP contribution is -2.69. The molecule has 1 amide bonds. The second-order valence-electron chi connectivity index (χ2n) is 9.80. The number of anilines is 1. The average molecular weight is 425 g/mol. The van der Waals surface area contributed by atoms with E-state index in [4.69, 9.17) is 14.2 Å². The number of carbonyl (C=O) groups excluding carboxylic acids is 1. The molecule has 166 valence electrons. The third-order valence-corrected chi connectivity index (χ3v) is 8.87. The first kappa shape index (κ1) is 19.6. The number of nitrogens with zero attached hydrogens (tertiary/aromatic N) is 1. The largest absolute Gasteiger partial charge is 0.493 e. The zero-order valence-corrected chi connectivity index (χ0v) is 18.6. The molecular formula is C25H32N2O4. The van der Waals surface area contributed by atoms with Crippen LogP contribution < -0.4 is 19.7 Å². The molecule has 6 heteroatoms. The number of allylic oxidation sites excluding steroid dienone is 1. The van der Waals surface area contributed by atoms with Crippen LogP contribution in [0.4, 0.5) is 5.69 Å². The van der Waals surface area contributed by atoms with Crippen LogP contribution in [0.25, 0.3) is 0 Å². The molecule has 0 radical (unpaired) electrons. The van der Waals surface area contributed by atoms with E-state index in [1.165, 1.54) is 12.0 Å². The first-order valence-electron chi connectivity index (χ1n) is 11.7. The number of piperidine rings is 1. The third-order valence-electron chi connectivity index (χ3n) is 8.87. The summed E-state index contributed by atoms with van der Waals surface area (Å²) < 4.78 is 17.7. The number of nitrogens with one attached hydrogen (secondary N) is 1. The summed E-state index contributed by atoms with van der Waals surface area (Å²) in [6.07, 6.45) is 8.47. The van der Waals surface area contributed by atoms with Gasteiger partial charge in [0.05, 0.1) is 45.1 Å². The minimum absolute atomic E-state index is 0.000819. The number of likely N-dealkylation sites (N-methyl/N-ethyl adjacent to an activating group) is 1. The van der Waals surface area contributed by atoms with Crippen molar-refractivity contribution < 1.29 is 19.0 Å². The number of hydrogen-bond acceptors (Lipinski definition) is 5. The summed E-state index contributed by atoms with van der Waals surface area (Å²) in [6, 6.07) is 4.60. The summed E-state index contributed by atoms with van der Waals surface area (Å²) in [4.78, 5) is 15.7. The highest BCUT2D eigenvalue weighted by Gasteiger charge is 2.67. The highest BCUT2D eigenvalue weighted by Crippen LogP contribution is 2.63. The van der Waals surface area contributed by atoms with E-state index < -0.39 is 0 Å². The number of hydrogen-bond donors (Lipinski definition) is 1. The molecule has 4 bridgehead atoms. The zero-order valence-electron chi connectivity index (χ0n) is 18.6. The molecule has 31 heavy (non-hydrogen) atoms. The van der Waals surface area contributed by atoms with Gasteiger partial charge < -0.3 is 24.4 Å². The molecule has 0 spiro atoms. The van der Waals surface area contributed by atoms with Crippen LogP contribution in [0.2, 0.25) is 0 Å². The van der Waals surface area contributed by atoms with Crippen molar-refractivity contribution >= 4 is 11.6 Å². The maximum atomic E-state index is 13.6. The Morgan fingerprint density at radius 2 is 2.00 bits per heavy atom. The Labute approximate surface area is 183 Å². The highest BCUT2D eigenvalue weighted by molar-refractivity contribution is 5.99. The standard InChI is InChI=1S/C25H32N2O4/c1-26-21-10-15-14-6-4-5-8-25(21)16-11-18(29-2)19(30-3)12-17(16)27-22(28)13-20(31-9-7-14)23(15)24(25)27/h7,11-12,15,20-21,23-24,26H,4-6,8-10,13H2,1-3H3/t15?,20?,21?,23?,24?,25-/m1/s1. The number of benzene rings is 1. The molecule has 2 aliphatic carbocycles. The van der Waals surface area contributed by atoms with Gasteiger partial charge in [-0.2, -0.15) is 0 Å². The van der Waals surface area contributed by atoms with E-state index in [0.717, 1.165) is 37.1 Å². The summed E-state index contributed by atoms with van der Waals surface area (Å²) in [6.45, 7) is 0.638. The molecule has 3 fully saturated rings. The Kier molecular flexibility index (Phi) is 4.41. The van der Waals surface area contributed by atoms with Gasteiger partial charge >= 0.3 is 0 Å². The number of methoxy groups -OCH3 is 2. The van der Waals surface area contributed by atoms with Gasteiger partial charge in [0.1, 0.15) is 0 Å². The van der Waals surface area contributed by atoms with E-state index in [0.29, 0.717) is 36.7 Å². The van der Waals surface area contributed by atoms with Gasteiger partial charge in [0.2, 0.25) is 5.91 Å². The van der Waals surface area contributed by atoms with E-state index >= 15 is 0 Å². The van der Waals surface area contributed by atoms with Crippen LogP contribution in [0.3, 0.4) is 0 Å². The van der Waals surface area contributed by atoms with Gasteiger partial charge in [0, 0.05) is 23.4 Å². The van der Waals surface area contributed by atoms with E-state index in [1.807, 2.05) is 6.07 Å². The van der Waals surface area contributed by atoms with Crippen molar-refractivity contribution in [2.24, 2.45) is 11.8 Å². The van der Waals surface area contributed by atoms with Crippen molar-refractivity contribution in [1.82, 2.24) is 5.32 Å². The van der Waals surface area contributed by atoms with Gasteiger partial charge in [0.15, 0.2) is 11.5 Å². The summed E-state index contributed by atoms with van der Waals surface area (Å²) >= 11 is 0. The molecule has 5 aliphatic rings. The van der Waals surface area contributed by atoms with E-state index in [2.05, 4.69) is 29.4 Å². The Bertz CT molecular complexity index is 959. The van der Waals surface area contributed by atoms with Crippen LogP contribution in [0.5, 0.6) is 11.5 Å². The second kappa shape index (κ2) is 6.97. The van der Waals surface area contributed by atoms with Gasteiger partial charge in [-0.1, -0.05) is 18.1 Å². The molecule has 1 aromatic carbocycles. The average Bonchev–Trinajstić information content (AvgIpc) is 3.03. The smallest absolute Gasteiger partial charge is 0.229 e. The Morgan fingerprint density at radius 3 is 2.77 bits per heavy atom. The first-order valence-corrected chi connectivity index (χ1v) is 11.7. The number of ether oxygens (including phenoxy) is 3. The number of fused-ring (bicyclic) bond motifs is 2. The summed E-state index contributed by atoms with van der Waals surface area (Å²) in [5, 5.41) is 3.71. The van der Waals surface area contributed by atoms with Crippen LogP contribution in [0.1, 0.15) is 44.1 Å². The summed E-state index contributed by atoms with van der Waals surface area (Å²) in [5.41, 5.74) is 3.69. The molecule has 0 aromatic heterocycles. The van der Waals surface area contributed by atoms with Crippen molar-refractivity contribution in [1.29, 1.82) is 0 Å². The van der Waals surface area contributed by atoms with Gasteiger partial charge in [-0.25, -0.2) is 0 Å². The molecular weight excluding hydrogens is 392 g/mol. The van der Waals surface area contributed by atoms with Gasteiger partial charge in [0.25, 0.3) is 0 Å². The normalized spacial score (nSPS) is 37.9. The zero-order chi connectivity index (χ0) is 21.3. The summed E-state index contributed by atoms with van der Waals surface area (Å²) in [5.74, 6) is 2.41. The number of rotatable bonds is 3. The van der Waals surface area contributed by atoms with Crippen molar-refractivity contribution in [3.63, 3.8) is 0 Å². The molecule has 6 rings (SSSR count). The minimum atomic E-state index is -0.137. The van der Waals surface area contributed by atoms with Crippen molar-refractivity contribution in [3.05, 3.63) is 29.3 Å². The maximum Gasteiger partial charge on any atom is 0.229 e. The molecule has 3 heterocycles. The SMILES string of the molecule is CNC1CC2C3=CCOC4CC(=O)N5c6cc(OC)c(OC)cc6[C@@]1(CCCC3)C5C42. The van der Waals surface area contributed by atoms with Crippen molar-refractivity contribution in [2.75, 3.05) is 32.8 Å². The molecule has 5 unspecified atom stereocenters. The maximum absolute atomic E-state index is 13.6. The van der Waals surface area contributed by atoms with E-state index in [-0.39, 0.29) is 23.5 Å². The molecule has 1 aromatic rings. The van der Waals surface area contributed by atoms with Crippen molar-refractivity contribution in [3.8, 4) is 11.5 Å². The lowest BCUT2D eigenvalue weighted by molar-refractivity contribution is -0.131. The third kappa shape index (κ3) is 2.43. The van der Waals surface area contributed by atoms with E-state index in [1.54, 1.807) is 19.8 Å². The van der Waals surface area contributed by atoms with Crippen LogP contribution in [0.15, 0.2) is 23.8 Å². The molecule has 6 atom stereocenters. The van der Waals surface area contributed by atoms with Crippen LogP contribution in [-0.2, 0) is 14.9 Å². The number of amides is 1. The molecule has 1 saturated heterocycles. The Balaban J connectivity index is 1.65. The fourth-order valence-electron chi connectivity index (χ4n) is 7.75. The topological polar surface area (TPSA) is 60.0 Å². The fourth-order valence-corrected chi connectivity index (χ4v) is 7.75. The predicted molar refractivity (Wildman–Crippen MR) is 118 cm³/mol. The lowest BCUT2D eigenvalue weighted by Gasteiger charge is -2.57. The lowest BCUT2D eigenvalue weighted by atomic mass is 9.53. The Hall–Kier alpha value is -2.05. The molecule has 1 N–H and O–H groups in total. The quantitative estimate of drug-likeness (QED) is 0.756.